The minimum absolute atomic E-state index is 0.0775. The van der Waals surface area contributed by atoms with E-state index in [-0.39, 0.29) is 5.91 Å². The Hall–Kier alpha value is -3.91. The standard InChI is InChI=1S/C25H21N3O2/c1-26-21-9-5-6-17(12-21)22-11-10-18(13-24(22)30-3)25(29)28(2)16-20-8-4-7-19-14-27-15-23(19)20/h4-14H,15-16H2,2-3H3. The number of methoxy groups -OCH3 is 1. The molecule has 0 atom stereocenters. The number of fused-ring (bicyclic) bond motifs is 1. The first kappa shape index (κ1) is 19.4. The summed E-state index contributed by atoms with van der Waals surface area (Å²) in [5.74, 6) is 0.525. The van der Waals surface area contributed by atoms with E-state index >= 15 is 0 Å². The molecule has 1 amide bonds. The number of ether oxygens (including phenoxy) is 1. The molecule has 4 rings (SSSR count). The Labute approximate surface area is 176 Å². The van der Waals surface area contributed by atoms with Gasteiger partial charge in [0, 0.05) is 30.9 Å². The van der Waals surface area contributed by atoms with Gasteiger partial charge in [-0.05, 0) is 46.5 Å². The van der Waals surface area contributed by atoms with Crippen LogP contribution in [0.5, 0.6) is 5.75 Å². The number of rotatable bonds is 5. The quantitative estimate of drug-likeness (QED) is 0.563. The minimum Gasteiger partial charge on any atom is -0.496 e. The molecule has 0 saturated carbocycles. The molecule has 0 N–H and O–H groups in total. The van der Waals surface area contributed by atoms with Gasteiger partial charge in [-0.2, -0.15) is 0 Å². The Bertz CT molecular complexity index is 1190. The molecule has 3 aromatic rings. The zero-order valence-corrected chi connectivity index (χ0v) is 16.9. The lowest BCUT2D eigenvalue weighted by molar-refractivity contribution is 0.0784. The van der Waals surface area contributed by atoms with Gasteiger partial charge in [0.2, 0.25) is 0 Å². The van der Waals surface area contributed by atoms with Gasteiger partial charge in [-0.25, -0.2) is 4.85 Å². The summed E-state index contributed by atoms with van der Waals surface area (Å²) in [6.45, 7) is 8.40. The SMILES string of the molecule is [C-]#[N+]c1cccc(-c2ccc(C(=O)N(C)Cc3cccc4c3CN=C4)cc2OC)c1. The first-order valence-corrected chi connectivity index (χ1v) is 9.62. The Balaban J connectivity index is 1.59. The van der Waals surface area contributed by atoms with Crippen LogP contribution in [-0.4, -0.2) is 31.2 Å². The molecule has 1 aliphatic rings. The van der Waals surface area contributed by atoms with Crippen LogP contribution < -0.4 is 4.74 Å². The third-order valence-corrected chi connectivity index (χ3v) is 5.28. The maximum atomic E-state index is 13.1. The van der Waals surface area contributed by atoms with Gasteiger partial charge in [-0.3, -0.25) is 9.79 Å². The maximum absolute atomic E-state index is 13.1. The van der Waals surface area contributed by atoms with E-state index in [1.807, 2.05) is 48.7 Å². The molecule has 0 aliphatic carbocycles. The molecule has 30 heavy (non-hydrogen) atoms. The van der Waals surface area contributed by atoms with Crippen LogP contribution in [0.15, 0.2) is 65.7 Å². The van der Waals surface area contributed by atoms with Crippen molar-refractivity contribution in [1.29, 1.82) is 0 Å². The van der Waals surface area contributed by atoms with Crippen LogP contribution in [0.4, 0.5) is 5.69 Å². The Morgan fingerprint density at radius 3 is 2.80 bits per heavy atom. The third-order valence-electron chi connectivity index (χ3n) is 5.28. The van der Waals surface area contributed by atoms with Crippen molar-refractivity contribution >= 4 is 17.8 Å². The first-order valence-electron chi connectivity index (χ1n) is 9.62. The van der Waals surface area contributed by atoms with Gasteiger partial charge in [0.25, 0.3) is 5.91 Å². The van der Waals surface area contributed by atoms with Gasteiger partial charge in [0.15, 0.2) is 5.69 Å². The number of hydrogen-bond acceptors (Lipinski definition) is 3. The molecule has 5 heteroatoms. The van der Waals surface area contributed by atoms with E-state index < -0.39 is 0 Å². The fraction of sp³-hybridized carbons (Fsp3) is 0.160. The molecule has 0 aromatic heterocycles. The molecule has 1 aliphatic heterocycles. The van der Waals surface area contributed by atoms with Crippen molar-refractivity contribution < 1.29 is 9.53 Å². The minimum atomic E-state index is -0.0775. The van der Waals surface area contributed by atoms with Crippen LogP contribution in [-0.2, 0) is 13.1 Å². The molecule has 148 valence electrons. The number of nitrogens with zero attached hydrogens (tertiary/aromatic N) is 3. The van der Waals surface area contributed by atoms with Crippen LogP contribution >= 0.6 is 0 Å². The van der Waals surface area contributed by atoms with Gasteiger partial charge < -0.3 is 9.64 Å². The van der Waals surface area contributed by atoms with Crippen LogP contribution in [0, 0.1) is 6.57 Å². The number of hydrogen-bond donors (Lipinski definition) is 0. The molecule has 0 bridgehead atoms. The summed E-state index contributed by atoms with van der Waals surface area (Å²) >= 11 is 0. The number of benzene rings is 3. The summed E-state index contributed by atoms with van der Waals surface area (Å²) < 4.78 is 5.56. The second-order valence-corrected chi connectivity index (χ2v) is 7.19. The zero-order chi connectivity index (χ0) is 21.1. The molecule has 3 aromatic carbocycles. The summed E-state index contributed by atoms with van der Waals surface area (Å²) in [6, 6.07) is 18.9. The van der Waals surface area contributed by atoms with Crippen molar-refractivity contribution in [3.05, 3.63) is 94.3 Å². The number of amides is 1. The molecular formula is C25H21N3O2. The third kappa shape index (κ3) is 3.68. The number of aliphatic imine (C=N–C) groups is 1. The van der Waals surface area contributed by atoms with Gasteiger partial charge >= 0.3 is 0 Å². The topological polar surface area (TPSA) is 46.3 Å². The summed E-state index contributed by atoms with van der Waals surface area (Å²) in [4.78, 5) is 22.6. The fourth-order valence-corrected chi connectivity index (χ4v) is 3.71. The molecule has 0 unspecified atom stereocenters. The second-order valence-electron chi connectivity index (χ2n) is 7.19. The van der Waals surface area contributed by atoms with Gasteiger partial charge in [-0.15, -0.1) is 0 Å². The Kier molecular flexibility index (Phi) is 5.32. The normalized spacial score (nSPS) is 11.6. The monoisotopic (exact) mass is 395 g/mol. The van der Waals surface area contributed by atoms with Gasteiger partial charge in [0.1, 0.15) is 5.75 Å². The number of carbonyl (C=O) groups excluding carboxylic acids is 1. The van der Waals surface area contributed by atoms with Crippen LogP contribution in [0.1, 0.15) is 27.0 Å². The smallest absolute Gasteiger partial charge is 0.254 e. The molecule has 1 heterocycles. The predicted octanol–water partition coefficient (Wildman–Crippen LogP) is 5.12. The average molecular weight is 395 g/mol. The second kappa shape index (κ2) is 8.22. The van der Waals surface area contributed by atoms with Crippen LogP contribution in [0.3, 0.4) is 0 Å². The van der Waals surface area contributed by atoms with Crippen molar-refractivity contribution in [2.45, 2.75) is 13.1 Å². The summed E-state index contributed by atoms with van der Waals surface area (Å²) in [5, 5.41) is 0. The van der Waals surface area contributed by atoms with E-state index in [0.717, 1.165) is 22.3 Å². The van der Waals surface area contributed by atoms with E-state index in [2.05, 4.69) is 9.84 Å². The van der Waals surface area contributed by atoms with Gasteiger partial charge in [0.05, 0.1) is 20.2 Å². The molecule has 5 nitrogen and oxygen atoms in total. The summed E-state index contributed by atoms with van der Waals surface area (Å²) in [7, 11) is 3.39. The Morgan fingerprint density at radius 2 is 2.00 bits per heavy atom. The summed E-state index contributed by atoms with van der Waals surface area (Å²) in [6.07, 6.45) is 1.88. The van der Waals surface area contributed by atoms with Crippen molar-refractivity contribution in [2.75, 3.05) is 14.2 Å². The zero-order valence-electron chi connectivity index (χ0n) is 16.9. The highest BCUT2D eigenvalue weighted by Crippen LogP contribution is 2.33. The Morgan fingerprint density at radius 1 is 1.17 bits per heavy atom. The lowest BCUT2D eigenvalue weighted by Gasteiger charge is -2.20. The highest BCUT2D eigenvalue weighted by Gasteiger charge is 2.18. The summed E-state index contributed by atoms with van der Waals surface area (Å²) in [5.41, 5.74) is 6.27. The van der Waals surface area contributed by atoms with E-state index in [4.69, 9.17) is 11.3 Å². The van der Waals surface area contributed by atoms with Crippen LogP contribution in [0.2, 0.25) is 0 Å². The largest absolute Gasteiger partial charge is 0.496 e. The number of carbonyl (C=O) groups is 1. The fourth-order valence-electron chi connectivity index (χ4n) is 3.71. The molecule has 0 spiro atoms. The lowest BCUT2D eigenvalue weighted by Crippen LogP contribution is -2.26. The first-order chi connectivity index (χ1) is 14.6. The van der Waals surface area contributed by atoms with Crippen molar-refractivity contribution in [3.63, 3.8) is 0 Å². The van der Waals surface area contributed by atoms with Crippen molar-refractivity contribution in [1.82, 2.24) is 4.90 Å². The molecule has 0 radical (unpaired) electrons. The lowest BCUT2D eigenvalue weighted by atomic mass is 10.0. The molecule has 0 fully saturated rings. The van der Waals surface area contributed by atoms with E-state index in [1.54, 1.807) is 37.3 Å². The van der Waals surface area contributed by atoms with Gasteiger partial charge in [-0.1, -0.05) is 36.4 Å². The maximum Gasteiger partial charge on any atom is 0.254 e. The van der Waals surface area contributed by atoms with Crippen LogP contribution in [0.25, 0.3) is 16.0 Å². The molecule has 0 saturated heterocycles. The van der Waals surface area contributed by atoms with E-state index in [0.29, 0.717) is 30.1 Å². The average Bonchev–Trinajstić information content (AvgIpc) is 3.28. The highest BCUT2D eigenvalue weighted by atomic mass is 16.5. The van der Waals surface area contributed by atoms with Crippen molar-refractivity contribution in [3.8, 4) is 16.9 Å². The predicted molar refractivity (Wildman–Crippen MR) is 118 cm³/mol. The highest BCUT2D eigenvalue weighted by molar-refractivity contribution is 5.95. The van der Waals surface area contributed by atoms with E-state index in [9.17, 15) is 4.79 Å². The van der Waals surface area contributed by atoms with E-state index in [1.165, 1.54) is 5.56 Å². The van der Waals surface area contributed by atoms with Crippen molar-refractivity contribution in [2.24, 2.45) is 4.99 Å². The molecular weight excluding hydrogens is 374 g/mol.